The highest BCUT2D eigenvalue weighted by molar-refractivity contribution is 9.10. The van der Waals surface area contributed by atoms with Crippen molar-refractivity contribution in [1.82, 2.24) is 0 Å². The fourth-order valence-electron chi connectivity index (χ4n) is 2.17. The quantitative estimate of drug-likeness (QED) is 0.738. The maximum atomic E-state index is 5.90. The van der Waals surface area contributed by atoms with Gasteiger partial charge in [0.25, 0.3) is 0 Å². The van der Waals surface area contributed by atoms with Gasteiger partial charge in [0.05, 0.1) is 24.1 Å². The molecule has 0 bridgehead atoms. The molecule has 0 spiro atoms. The van der Waals surface area contributed by atoms with E-state index in [0.717, 1.165) is 28.6 Å². The number of hydrogen-bond acceptors (Lipinski definition) is 2. The van der Waals surface area contributed by atoms with Crippen LogP contribution >= 0.6 is 31.9 Å². The van der Waals surface area contributed by atoms with Crippen LogP contribution in [0, 0.1) is 0 Å². The second-order valence-electron chi connectivity index (χ2n) is 4.35. The zero-order valence-electron chi connectivity index (χ0n) is 9.95. The number of benzene rings is 1. The molecule has 3 atom stereocenters. The van der Waals surface area contributed by atoms with E-state index in [4.69, 9.17) is 9.47 Å². The van der Waals surface area contributed by atoms with Crippen LogP contribution < -0.4 is 4.74 Å². The molecule has 1 heterocycles. The van der Waals surface area contributed by atoms with Gasteiger partial charge in [-0.3, -0.25) is 0 Å². The van der Waals surface area contributed by atoms with Crippen LogP contribution in [0.3, 0.4) is 0 Å². The van der Waals surface area contributed by atoms with Crippen LogP contribution in [0.1, 0.15) is 30.2 Å². The predicted molar refractivity (Wildman–Crippen MR) is 75.9 cm³/mol. The van der Waals surface area contributed by atoms with Gasteiger partial charge in [-0.05, 0) is 38.0 Å². The van der Waals surface area contributed by atoms with Crippen LogP contribution in [0.4, 0.5) is 0 Å². The average molecular weight is 364 g/mol. The molecule has 17 heavy (non-hydrogen) atoms. The summed E-state index contributed by atoms with van der Waals surface area (Å²) in [7, 11) is 1.70. The molecule has 2 nitrogen and oxygen atoms in total. The maximum Gasteiger partial charge on any atom is 0.123 e. The summed E-state index contributed by atoms with van der Waals surface area (Å²) >= 11 is 7.24. The van der Waals surface area contributed by atoms with Gasteiger partial charge in [-0.1, -0.05) is 31.9 Å². The number of hydrogen-bond donors (Lipinski definition) is 0. The van der Waals surface area contributed by atoms with E-state index in [1.165, 1.54) is 0 Å². The fourth-order valence-corrected chi connectivity index (χ4v) is 3.30. The third-order valence-electron chi connectivity index (χ3n) is 3.08. The lowest BCUT2D eigenvalue weighted by Crippen LogP contribution is -2.15. The molecule has 2 rings (SSSR count). The lowest BCUT2D eigenvalue weighted by atomic mass is 10.0. The summed E-state index contributed by atoms with van der Waals surface area (Å²) < 4.78 is 12.4. The average Bonchev–Trinajstić information content (AvgIpc) is 2.75. The highest BCUT2D eigenvalue weighted by atomic mass is 79.9. The highest BCUT2D eigenvalue weighted by Gasteiger charge is 2.30. The summed E-state index contributed by atoms with van der Waals surface area (Å²) in [5.74, 6) is 0.901. The summed E-state index contributed by atoms with van der Waals surface area (Å²) in [6, 6.07) is 6.05. The molecular formula is C13H16Br2O2. The minimum absolute atomic E-state index is 0.180. The molecule has 4 heteroatoms. The molecule has 0 amide bonds. The number of rotatable bonds is 3. The van der Waals surface area contributed by atoms with E-state index in [2.05, 4.69) is 44.8 Å². The van der Waals surface area contributed by atoms with E-state index >= 15 is 0 Å². The molecule has 0 aromatic heterocycles. The van der Waals surface area contributed by atoms with Gasteiger partial charge in [0.15, 0.2) is 0 Å². The summed E-state index contributed by atoms with van der Waals surface area (Å²) in [5, 5.41) is 0. The molecule has 1 aliphatic rings. The van der Waals surface area contributed by atoms with Gasteiger partial charge in [-0.15, -0.1) is 0 Å². The van der Waals surface area contributed by atoms with Crippen LogP contribution in [-0.2, 0) is 4.74 Å². The zero-order valence-corrected chi connectivity index (χ0v) is 13.1. The van der Waals surface area contributed by atoms with Crippen LogP contribution in [0.15, 0.2) is 22.7 Å². The minimum Gasteiger partial charge on any atom is -0.496 e. The number of halogens is 2. The molecule has 3 unspecified atom stereocenters. The first-order chi connectivity index (χ1) is 8.11. The maximum absolute atomic E-state index is 5.90. The van der Waals surface area contributed by atoms with Crippen LogP contribution in [0.2, 0.25) is 0 Å². The first kappa shape index (κ1) is 13.4. The summed E-state index contributed by atoms with van der Waals surface area (Å²) in [5.41, 5.74) is 1.14. The Morgan fingerprint density at radius 1 is 1.41 bits per heavy atom. The van der Waals surface area contributed by atoms with Gasteiger partial charge >= 0.3 is 0 Å². The van der Waals surface area contributed by atoms with Crippen molar-refractivity contribution in [2.24, 2.45) is 0 Å². The first-order valence-corrected chi connectivity index (χ1v) is 7.45. The van der Waals surface area contributed by atoms with Crippen LogP contribution in [0.25, 0.3) is 0 Å². The smallest absolute Gasteiger partial charge is 0.123 e. The van der Waals surface area contributed by atoms with Gasteiger partial charge in [-0.2, -0.15) is 0 Å². The van der Waals surface area contributed by atoms with Crippen molar-refractivity contribution in [1.29, 1.82) is 0 Å². The Bertz CT molecular complexity index is 395. The van der Waals surface area contributed by atoms with Crippen molar-refractivity contribution in [3.8, 4) is 5.75 Å². The Balaban J connectivity index is 2.23. The molecule has 0 N–H and O–H groups in total. The third-order valence-corrected chi connectivity index (χ3v) is 4.66. The molecule has 1 aromatic rings. The lowest BCUT2D eigenvalue weighted by Gasteiger charge is -2.20. The van der Waals surface area contributed by atoms with Crippen molar-refractivity contribution < 1.29 is 9.47 Å². The Hall–Kier alpha value is -0.0600. The van der Waals surface area contributed by atoms with Gasteiger partial charge in [0.2, 0.25) is 0 Å². The van der Waals surface area contributed by atoms with E-state index in [0.29, 0.717) is 6.10 Å². The molecule has 1 aliphatic heterocycles. The molecule has 1 fully saturated rings. The second kappa shape index (κ2) is 5.72. The molecule has 0 saturated carbocycles. The van der Waals surface area contributed by atoms with Crippen molar-refractivity contribution in [3.05, 3.63) is 28.2 Å². The summed E-state index contributed by atoms with van der Waals surface area (Å²) in [6.07, 6.45) is 2.81. The Morgan fingerprint density at radius 3 is 2.76 bits per heavy atom. The predicted octanol–water partition coefficient (Wildman–Crippen LogP) is 4.46. The molecular weight excluding hydrogens is 348 g/mol. The standard InChI is InChI=1S/C13H16Br2O2/c1-8-3-5-12(17-8)13(15)10-7-9(14)4-6-11(10)16-2/h4,6-8,12-13H,3,5H2,1-2H3. The number of ether oxygens (including phenoxy) is 2. The van der Waals surface area contributed by atoms with Gasteiger partial charge in [-0.25, -0.2) is 0 Å². The number of methoxy groups -OCH3 is 1. The normalized spacial score (nSPS) is 25.9. The van der Waals surface area contributed by atoms with E-state index in [1.54, 1.807) is 7.11 Å². The molecule has 0 radical (unpaired) electrons. The summed E-state index contributed by atoms with van der Waals surface area (Å²) in [6.45, 7) is 2.12. The molecule has 94 valence electrons. The third kappa shape index (κ3) is 3.04. The highest BCUT2D eigenvalue weighted by Crippen LogP contribution is 2.40. The van der Waals surface area contributed by atoms with Gasteiger partial charge in [0.1, 0.15) is 5.75 Å². The van der Waals surface area contributed by atoms with Crippen LogP contribution in [-0.4, -0.2) is 19.3 Å². The van der Waals surface area contributed by atoms with Crippen LogP contribution in [0.5, 0.6) is 5.75 Å². The Labute approximate surface area is 119 Å². The van der Waals surface area contributed by atoms with Crippen molar-refractivity contribution in [3.63, 3.8) is 0 Å². The minimum atomic E-state index is 0.180. The van der Waals surface area contributed by atoms with E-state index in [1.807, 2.05) is 12.1 Å². The Morgan fingerprint density at radius 2 is 2.18 bits per heavy atom. The molecule has 1 saturated heterocycles. The zero-order chi connectivity index (χ0) is 12.4. The second-order valence-corrected chi connectivity index (χ2v) is 6.25. The van der Waals surface area contributed by atoms with Gasteiger partial charge in [0, 0.05) is 10.0 Å². The SMILES string of the molecule is COc1ccc(Br)cc1C(Br)C1CCC(C)O1. The van der Waals surface area contributed by atoms with E-state index < -0.39 is 0 Å². The number of alkyl halides is 1. The van der Waals surface area contributed by atoms with Crippen molar-refractivity contribution >= 4 is 31.9 Å². The molecule has 0 aliphatic carbocycles. The topological polar surface area (TPSA) is 18.5 Å². The largest absolute Gasteiger partial charge is 0.496 e. The molecule has 1 aromatic carbocycles. The monoisotopic (exact) mass is 362 g/mol. The van der Waals surface area contributed by atoms with Crippen molar-refractivity contribution in [2.75, 3.05) is 7.11 Å². The van der Waals surface area contributed by atoms with Gasteiger partial charge < -0.3 is 9.47 Å². The fraction of sp³-hybridized carbons (Fsp3) is 0.538. The summed E-state index contributed by atoms with van der Waals surface area (Å²) in [4.78, 5) is 0.180. The van der Waals surface area contributed by atoms with Crippen molar-refractivity contribution in [2.45, 2.75) is 36.8 Å². The van der Waals surface area contributed by atoms with E-state index in [-0.39, 0.29) is 10.9 Å². The lowest BCUT2D eigenvalue weighted by molar-refractivity contribution is 0.0553. The van der Waals surface area contributed by atoms with E-state index in [9.17, 15) is 0 Å². The Kier molecular flexibility index (Phi) is 4.50. The first-order valence-electron chi connectivity index (χ1n) is 5.74.